The van der Waals surface area contributed by atoms with Crippen molar-refractivity contribution in [3.8, 4) is 11.4 Å². The van der Waals surface area contributed by atoms with Crippen LogP contribution in [0.5, 0.6) is 0 Å². The molecule has 0 atom stereocenters. The summed E-state index contributed by atoms with van der Waals surface area (Å²) in [6.07, 6.45) is 1.34. The van der Waals surface area contributed by atoms with E-state index in [-0.39, 0.29) is 6.61 Å². The van der Waals surface area contributed by atoms with E-state index in [9.17, 15) is 18.3 Å². The van der Waals surface area contributed by atoms with Gasteiger partial charge in [0, 0.05) is 24.4 Å². The van der Waals surface area contributed by atoms with Gasteiger partial charge in [0.2, 0.25) is 0 Å². The molecule has 2 heterocycles. The van der Waals surface area contributed by atoms with Crippen LogP contribution in [0, 0.1) is 5.92 Å². The lowest BCUT2D eigenvalue weighted by atomic mass is 9.86. The number of hydrogen-bond donors (Lipinski definition) is 2. The normalized spacial score (nSPS) is 20.4. The number of rotatable bonds is 4. The molecule has 1 saturated carbocycles. The van der Waals surface area contributed by atoms with Gasteiger partial charge in [-0.1, -0.05) is 12.1 Å². The number of halogens is 3. The van der Waals surface area contributed by atoms with Gasteiger partial charge in [-0.2, -0.15) is 13.2 Å². The zero-order valence-electron chi connectivity index (χ0n) is 15.2. The second-order valence-electron chi connectivity index (χ2n) is 7.29. The minimum Gasteiger partial charge on any atom is -0.396 e. The highest BCUT2D eigenvalue weighted by molar-refractivity contribution is 5.62. The molecule has 0 saturated heterocycles. The summed E-state index contributed by atoms with van der Waals surface area (Å²) in [5.74, 6) is 0.750. The third kappa shape index (κ3) is 3.82. The fourth-order valence-corrected chi connectivity index (χ4v) is 3.73. The molecule has 0 spiro atoms. The number of pyridine rings is 1. The summed E-state index contributed by atoms with van der Waals surface area (Å²) in [6.45, 7) is 0.236. The Balaban J connectivity index is 1.60. The quantitative estimate of drug-likeness (QED) is 0.694. The average molecular weight is 390 g/mol. The summed E-state index contributed by atoms with van der Waals surface area (Å²) in [6, 6.07) is 9.12. The Kier molecular flexibility index (Phi) is 4.97. The molecule has 0 radical (unpaired) electrons. The number of anilines is 1. The van der Waals surface area contributed by atoms with Gasteiger partial charge in [-0.15, -0.1) is 10.2 Å². The van der Waals surface area contributed by atoms with E-state index in [4.69, 9.17) is 0 Å². The van der Waals surface area contributed by atoms with Gasteiger partial charge in [-0.05, 0) is 55.9 Å². The molecule has 8 heteroatoms. The van der Waals surface area contributed by atoms with Crippen molar-refractivity contribution >= 4 is 11.3 Å². The number of benzene rings is 1. The minimum absolute atomic E-state index is 0.236. The van der Waals surface area contributed by atoms with Crippen molar-refractivity contribution in [2.24, 2.45) is 5.92 Å². The van der Waals surface area contributed by atoms with Crippen molar-refractivity contribution in [2.75, 3.05) is 11.9 Å². The van der Waals surface area contributed by atoms with Crippen LogP contribution in [-0.2, 0) is 6.18 Å². The van der Waals surface area contributed by atoms with E-state index >= 15 is 0 Å². The molecule has 0 bridgehead atoms. The SMILES string of the molecule is OCC1CCC(Nc2ccc3nnc(-c4cccc(C(F)(F)F)c4)n3c2)CC1. The van der Waals surface area contributed by atoms with E-state index in [1.54, 1.807) is 16.5 Å². The Morgan fingerprint density at radius 2 is 1.86 bits per heavy atom. The van der Waals surface area contributed by atoms with Crippen molar-refractivity contribution in [1.82, 2.24) is 14.6 Å². The Labute approximate surface area is 160 Å². The van der Waals surface area contributed by atoms with Gasteiger partial charge in [-0.25, -0.2) is 0 Å². The van der Waals surface area contributed by atoms with Crippen LogP contribution in [0.2, 0.25) is 0 Å². The highest BCUT2D eigenvalue weighted by Crippen LogP contribution is 2.32. The molecule has 1 aromatic carbocycles. The molecule has 5 nitrogen and oxygen atoms in total. The van der Waals surface area contributed by atoms with Crippen LogP contribution >= 0.6 is 0 Å². The van der Waals surface area contributed by atoms with Crippen LogP contribution in [0.3, 0.4) is 0 Å². The van der Waals surface area contributed by atoms with Gasteiger partial charge in [0.1, 0.15) is 0 Å². The number of alkyl halides is 3. The van der Waals surface area contributed by atoms with Crippen LogP contribution in [-0.4, -0.2) is 32.4 Å². The van der Waals surface area contributed by atoms with Crippen LogP contribution in [0.1, 0.15) is 31.2 Å². The lowest BCUT2D eigenvalue weighted by Gasteiger charge is -2.28. The molecule has 0 amide bonds. The molecule has 1 fully saturated rings. The number of nitrogens with zero attached hydrogens (tertiary/aromatic N) is 3. The van der Waals surface area contributed by atoms with E-state index in [0.717, 1.165) is 43.5 Å². The molecule has 1 aliphatic carbocycles. The Hall–Kier alpha value is -2.61. The summed E-state index contributed by atoms with van der Waals surface area (Å²) in [4.78, 5) is 0. The molecular formula is C20H21F3N4O. The van der Waals surface area contributed by atoms with Crippen molar-refractivity contribution in [3.63, 3.8) is 0 Å². The van der Waals surface area contributed by atoms with Gasteiger partial charge in [0.05, 0.1) is 11.3 Å². The molecule has 28 heavy (non-hydrogen) atoms. The second kappa shape index (κ2) is 7.43. The first kappa shape index (κ1) is 18.7. The lowest BCUT2D eigenvalue weighted by molar-refractivity contribution is -0.137. The maximum Gasteiger partial charge on any atom is 0.416 e. The van der Waals surface area contributed by atoms with E-state index in [1.165, 1.54) is 6.07 Å². The van der Waals surface area contributed by atoms with E-state index in [0.29, 0.717) is 29.0 Å². The van der Waals surface area contributed by atoms with Gasteiger partial charge < -0.3 is 10.4 Å². The van der Waals surface area contributed by atoms with E-state index in [2.05, 4.69) is 15.5 Å². The number of fused-ring (bicyclic) bond motifs is 1. The predicted octanol–water partition coefficient (Wildman–Crippen LogP) is 4.38. The lowest BCUT2D eigenvalue weighted by Crippen LogP contribution is -2.27. The summed E-state index contributed by atoms with van der Waals surface area (Å²) in [5.41, 5.74) is 1.09. The highest BCUT2D eigenvalue weighted by Gasteiger charge is 2.30. The van der Waals surface area contributed by atoms with Gasteiger partial charge in [0.25, 0.3) is 0 Å². The van der Waals surface area contributed by atoms with Crippen molar-refractivity contribution in [3.05, 3.63) is 48.2 Å². The highest BCUT2D eigenvalue weighted by atomic mass is 19.4. The number of aliphatic hydroxyl groups is 1. The second-order valence-corrected chi connectivity index (χ2v) is 7.29. The molecule has 1 aliphatic rings. The van der Waals surface area contributed by atoms with Crippen molar-refractivity contribution in [2.45, 2.75) is 37.9 Å². The first-order valence-electron chi connectivity index (χ1n) is 9.34. The first-order chi connectivity index (χ1) is 13.4. The van der Waals surface area contributed by atoms with Crippen molar-refractivity contribution < 1.29 is 18.3 Å². The largest absolute Gasteiger partial charge is 0.416 e. The molecule has 4 rings (SSSR count). The Morgan fingerprint density at radius 3 is 2.57 bits per heavy atom. The monoisotopic (exact) mass is 390 g/mol. The molecule has 0 unspecified atom stereocenters. The van der Waals surface area contributed by atoms with Gasteiger partial charge >= 0.3 is 6.18 Å². The average Bonchev–Trinajstić information content (AvgIpc) is 3.11. The third-order valence-electron chi connectivity index (χ3n) is 5.33. The molecular weight excluding hydrogens is 369 g/mol. The standard InChI is InChI=1S/C20H21F3N4O/c21-20(22,23)15-3-1-2-14(10-15)19-26-25-18-9-8-17(11-27(18)19)24-16-6-4-13(12-28)5-7-16/h1-3,8-11,13,16,24,28H,4-7,12H2. The number of hydrogen-bond acceptors (Lipinski definition) is 4. The predicted molar refractivity (Wildman–Crippen MR) is 99.9 cm³/mol. The summed E-state index contributed by atoms with van der Waals surface area (Å²) in [5, 5.41) is 20.9. The Bertz CT molecular complexity index is 961. The first-order valence-corrected chi connectivity index (χ1v) is 9.34. The summed E-state index contributed by atoms with van der Waals surface area (Å²) in [7, 11) is 0. The number of nitrogens with one attached hydrogen (secondary N) is 1. The number of aromatic nitrogens is 3. The number of aliphatic hydroxyl groups excluding tert-OH is 1. The van der Waals surface area contributed by atoms with E-state index in [1.807, 2.05) is 12.3 Å². The molecule has 2 aromatic heterocycles. The smallest absolute Gasteiger partial charge is 0.396 e. The maximum atomic E-state index is 13.0. The maximum absolute atomic E-state index is 13.0. The summed E-state index contributed by atoms with van der Waals surface area (Å²) >= 11 is 0. The molecule has 2 N–H and O–H groups in total. The zero-order valence-corrected chi connectivity index (χ0v) is 15.2. The fourth-order valence-electron chi connectivity index (χ4n) is 3.73. The fraction of sp³-hybridized carbons (Fsp3) is 0.400. The minimum atomic E-state index is -4.41. The van der Waals surface area contributed by atoms with Crippen LogP contribution in [0.4, 0.5) is 18.9 Å². The topological polar surface area (TPSA) is 62.5 Å². The third-order valence-corrected chi connectivity index (χ3v) is 5.33. The van der Waals surface area contributed by atoms with Crippen LogP contribution in [0.15, 0.2) is 42.6 Å². The zero-order chi connectivity index (χ0) is 19.7. The molecule has 0 aliphatic heterocycles. The van der Waals surface area contributed by atoms with E-state index < -0.39 is 11.7 Å². The molecule has 3 aromatic rings. The summed E-state index contributed by atoms with van der Waals surface area (Å²) < 4.78 is 40.8. The molecule has 148 valence electrons. The van der Waals surface area contributed by atoms with Gasteiger partial charge in [-0.3, -0.25) is 4.40 Å². The van der Waals surface area contributed by atoms with Crippen LogP contribution in [0.25, 0.3) is 17.0 Å². The Morgan fingerprint density at radius 1 is 1.07 bits per heavy atom. The van der Waals surface area contributed by atoms with Gasteiger partial charge in [0.15, 0.2) is 11.5 Å². The van der Waals surface area contributed by atoms with Crippen LogP contribution < -0.4 is 5.32 Å². The van der Waals surface area contributed by atoms with Crippen molar-refractivity contribution in [1.29, 1.82) is 0 Å².